The van der Waals surface area contributed by atoms with Crippen molar-refractivity contribution in [1.29, 1.82) is 0 Å². The predicted octanol–water partition coefficient (Wildman–Crippen LogP) is 5.32. The molecule has 134 valence electrons. The minimum Gasteiger partial charge on any atom is -0.486 e. The van der Waals surface area contributed by atoms with Crippen LogP contribution in [0.15, 0.2) is 59.0 Å². The summed E-state index contributed by atoms with van der Waals surface area (Å²) in [4.78, 5) is 12.0. The zero-order chi connectivity index (χ0) is 18.5. The molecule has 0 saturated heterocycles. The summed E-state index contributed by atoms with van der Waals surface area (Å²) in [7, 11) is 0. The molecule has 0 aliphatic rings. The Morgan fingerprint density at radius 1 is 1.08 bits per heavy atom. The maximum atomic E-state index is 12.8. The van der Waals surface area contributed by atoms with Gasteiger partial charge < -0.3 is 13.9 Å². The topological polar surface area (TPSA) is 48.7 Å². The molecule has 0 bridgehead atoms. The number of carbonyl (C=O) groups excluding carboxylic acids is 1. The first-order chi connectivity index (χ1) is 12.5. The van der Waals surface area contributed by atoms with Crippen molar-refractivity contribution in [3.63, 3.8) is 0 Å². The number of rotatable bonds is 6. The maximum absolute atomic E-state index is 12.8. The molecule has 2 aromatic carbocycles. The van der Waals surface area contributed by atoms with Crippen LogP contribution in [0, 0.1) is 12.7 Å². The van der Waals surface area contributed by atoms with E-state index >= 15 is 0 Å². The minimum atomic E-state index is -0.595. The molecular weight excluding hydrogens is 359 g/mol. The molecule has 0 aliphatic carbocycles. The van der Waals surface area contributed by atoms with Crippen LogP contribution in [-0.4, -0.2) is 5.97 Å². The van der Waals surface area contributed by atoms with Gasteiger partial charge >= 0.3 is 5.97 Å². The third-order valence-electron chi connectivity index (χ3n) is 3.66. The van der Waals surface area contributed by atoms with E-state index in [-0.39, 0.29) is 24.8 Å². The normalized spacial score (nSPS) is 10.6. The molecule has 0 unspecified atom stereocenters. The van der Waals surface area contributed by atoms with Crippen LogP contribution in [0.4, 0.5) is 4.39 Å². The molecule has 0 fully saturated rings. The second-order valence-electron chi connectivity index (χ2n) is 5.67. The molecule has 0 saturated carbocycles. The summed E-state index contributed by atoms with van der Waals surface area (Å²) in [6.45, 7) is 2.10. The lowest BCUT2D eigenvalue weighted by Crippen LogP contribution is -2.04. The number of aryl methyl sites for hydroxylation is 1. The number of hydrogen-bond donors (Lipinski definition) is 0. The van der Waals surface area contributed by atoms with Crippen molar-refractivity contribution in [2.75, 3.05) is 0 Å². The second kappa shape index (κ2) is 8.06. The summed E-state index contributed by atoms with van der Waals surface area (Å²) in [6.07, 6.45) is 0. The monoisotopic (exact) mass is 374 g/mol. The van der Waals surface area contributed by atoms with Gasteiger partial charge in [0.25, 0.3) is 0 Å². The number of carbonyl (C=O) groups is 1. The first kappa shape index (κ1) is 18.0. The fraction of sp³-hybridized carbons (Fsp3) is 0.150. The largest absolute Gasteiger partial charge is 0.486 e. The van der Waals surface area contributed by atoms with Gasteiger partial charge in [-0.3, -0.25) is 0 Å². The van der Waals surface area contributed by atoms with Crippen molar-refractivity contribution < 1.29 is 23.1 Å². The van der Waals surface area contributed by atoms with Gasteiger partial charge in [0.1, 0.15) is 30.5 Å². The van der Waals surface area contributed by atoms with Crippen LogP contribution in [0.2, 0.25) is 5.02 Å². The van der Waals surface area contributed by atoms with E-state index in [1.54, 1.807) is 30.3 Å². The Balaban J connectivity index is 1.54. The molecule has 0 N–H and O–H groups in total. The van der Waals surface area contributed by atoms with Gasteiger partial charge in [-0.15, -0.1) is 0 Å². The number of esters is 1. The zero-order valence-corrected chi connectivity index (χ0v) is 14.8. The van der Waals surface area contributed by atoms with E-state index in [4.69, 9.17) is 25.5 Å². The third kappa shape index (κ3) is 4.64. The highest BCUT2D eigenvalue weighted by atomic mass is 35.5. The first-order valence-corrected chi connectivity index (χ1v) is 8.28. The van der Waals surface area contributed by atoms with Crippen LogP contribution < -0.4 is 4.74 Å². The number of furan rings is 1. The summed E-state index contributed by atoms with van der Waals surface area (Å²) in [6, 6.07) is 14.2. The average molecular weight is 375 g/mol. The van der Waals surface area contributed by atoms with Gasteiger partial charge in [-0.1, -0.05) is 23.7 Å². The molecule has 0 aliphatic heterocycles. The summed E-state index contributed by atoms with van der Waals surface area (Å²) in [5.41, 5.74) is 1.60. The Kier molecular flexibility index (Phi) is 5.58. The smallest absolute Gasteiger partial charge is 0.374 e. The van der Waals surface area contributed by atoms with Gasteiger partial charge in [-0.05, 0) is 60.5 Å². The van der Waals surface area contributed by atoms with Crippen LogP contribution in [0.1, 0.15) is 27.4 Å². The number of benzene rings is 2. The lowest BCUT2D eigenvalue weighted by Gasteiger charge is -2.06. The molecule has 26 heavy (non-hydrogen) atoms. The molecule has 4 nitrogen and oxygen atoms in total. The Morgan fingerprint density at radius 3 is 2.58 bits per heavy atom. The molecule has 1 aromatic heterocycles. The molecule has 0 atom stereocenters. The predicted molar refractivity (Wildman–Crippen MR) is 94.7 cm³/mol. The molecule has 3 aromatic rings. The first-order valence-electron chi connectivity index (χ1n) is 7.90. The van der Waals surface area contributed by atoms with Crippen LogP contribution in [0.3, 0.4) is 0 Å². The van der Waals surface area contributed by atoms with E-state index in [0.29, 0.717) is 22.1 Å². The Bertz CT molecular complexity index is 902. The van der Waals surface area contributed by atoms with Crippen molar-refractivity contribution in [1.82, 2.24) is 0 Å². The molecule has 3 rings (SSSR count). The highest BCUT2D eigenvalue weighted by molar-refractivity contribution is 6.31. The molecule has 1 heterocycles. The quantitative estimate of drug-likeness (QED) is 0.548. The van der Waals surface area contributed by atoms with E-state index in [9.17, 15) is 9.18 Å². The highest BCUT2D eigenvalue weighted by Gasteiger charge is 2.13. The van der Waals surface area contributed by atoms with Gasteiger partial charge in [0.05, 0.1) is 0 Å². The SMILES string of the molecule is Cc1cc(OCc2ccc(C(=O)OCc3ccc(F)cc3)o2)ccc1Cl. The van der Waals surface area contributed by atoms with Crippen LogP contribution >= 0.6 is 11.6 Å². The molecule has 0 amide bonds. The maximum Gasteiger partial charge on any atom is 0.374 e. The van der Waals surface area contributed by atoms with E-state index in [1.165, 1.54) is 18.2 Å². The lowest BCUT2D eigenvalue weighted by atomic mass is 10.2. The number of hydrogen-bond acceptors (Lipinski definition) is 4. The fourth-order valence-corrected chi connectivity index (χ4v) is 2.34. The van der Waals surface area contributed by atoms with Crippen molar-refractivity contribution in [3.05, 3.63) is 88.1 Å². The molecule has 6 heteroatoms. The Hall–Kier alpha value is -2.79. The summed E-state index contributed by atoms with van der Waals surface area (Å²) in [5.74, 6) is 0.294. The lowest BCUT2D eigenvalue weighted by molar-refractivity contribution is 0.0432. The minimum absolute atomic E-state index is 0.0374. The molecule has 0 spiro atoms. The van der Waals surface area contributed by atoms with E-state index in [0.717, 1.165) is 5.56 Å². The summed E-state index contributed by atoms with van der Waals surface area (Å²) < 4.78 is 29.1. The fourth-order valence-electron chi connectivity index (χ4n) is 2.23. The molecular formula is C20H16ClFO4. The van der Waals surface area contributed by atoms with E-state index in [1.807, 2.05) is 13.0 Å². The summed E-state index contributed by atoms with van der Waals surface area (Å²) >= 11 is 5.97. The van der Waals surface area contributed by atoms with Crippen molar-refractivity contribution in [2.24, 2.45) is 0 Å². The van der Waals surface area contributed by atoms with E-state index in [2.05, 4.69) is 0 Å². The van der Waals surface area contributed by atoms with Crippen molar-refractivity contribution >= 4 is 17.6 Å². The second-order valence-corrected chi connectivity index (χ2v) is 6.08. The van der Waals surface area contributed by atoms with Gasteiger partial charge in [-0.2, -0.15) is 0 Å². The van der Waals surface area contributed by atoms with Gasteiger partial charge in [-0.25, -0.2) is 9.18 Å². The van der Waals surface area contributed by atoms with Gasteiger partial charge in [0, 0.05) is 5.02 Å². The zero-order valence-electron chi connectivity index (χ0n) is 14.0. The van der Waals surface area contributed by atoms with Crippen LogP contribution in [-0.2, 0) is 18.0 Å². The summed E-state index contributed by atoms with van der Waals surface area (Å²) in [5, 5.41) is 0.668. The van der Waals surface area contributed by atoms with Crippen LogP contribution in [0.5, 0.6) is 5.75 Å². The molecule has 0 radical (unpaired) electrons. The van der Waals surface area contributed by atoms with E-state index < -0.39 is 5.97 Å². The average Bonchev–Trinajstić information content (AvgIpc) is 3.11. The van der Waals surface area contributed by atoms with Gasteiger partial charge in [0.2, 0.25) is 5.76 Å². The van der Waals surface area contributed by atoms with Crippen molar-refractivity contribution in [3.8, 4) is 5.75 Å². The number of ether oxygens (including phenoxy) is 2. The highest BCUT2D eigenvalue weighted by Crippen LogP contribution is 2.22. The number of halogens is 2. The third-order valence-corrected chi connectivity index (χ3v) is 4.08. The van der Waals surface area contributed by atoms with Gasteiger partial charge in [0.15, 0.2) is 0 Å². The van der Waals surface area contributed by atoms with Crippen LogP contribution in [0.25, 0.3) is 0 Å². The Labute approximate surface area is 155 Å². The Morgan fingerprint density at radius 2 is 1.85 bits per heavy atom. The van der Waals surface area contributed by atoms with Crippen molar-refractivity contribution in [2.45, 2.75) is 20.1 Å². The standard InChI is InChI=1S/C20H16ClFO4/c1-13-10-16(6-8-18(13)21)24-12-17-7-9-19(26-17)20(23)25-11-14-2-4-15(22)5-3-14/h2-10H,11-12H2,1H3.